The second kappa shape index (κ2) is 21.1. The largest absolute Gasteiger partial charge is 0.494 e. The van der Waals surface area contributed by atoms with Gasteiger partial charge in [0, 0.05) is 44.4 Å². The molecule has 0 saturated carbocycles. The quantitative estimate of drug-likeness (QED) is 0.191. The molecule has 0 unspecified atom stereocenters. The summed E-state index contributed by atoms with van der Waals surface area (Å²) in [7, 11) is 4.99. The number of benzene rings is 1. The second-order valence-electron chi connectivity index (χ2n) is 14.5. The number of aldehydes is 1. The highest BCUT2D eigenvalue weighted by molar-refractivity contribution is 5.91. The second-order valence-corrected chi connectivity index (χ2v) is 14.5. The molecule has 1 saturated heterocycles. The minimum absolute atomic E-state index is 0.0707. The summed E-state index contributed by atoms with van der Waals surface area (Å²) in [6.07, 6.45) is 5.50. The summed E-state index contributed by atoms with van der Waals surface area (Å²) in [5.41, 5.74) is 1.92. The number of hydrogen-bond acceptors (Lipinski definition) is 13. The molecule has 1 aromatic carbocycles. The Kier molecular flexibility index (Phi) is 16.7. The van der Waals surface area contributed by atoms with Crippen molar-refractivity contribution in [3.05, 3.63) is 78.7 Å². The zero-order valence-electron chi connectivity index (χ0n) is 32.8. The number of cyclic esters (lactones) is 1. The minimum atomic E-state index is -1.28. The molecular weight excluding hydrogens is 708 g/mol. The lowest BCUT2D eigenvalue weighted by atomic mass is 9.83. The molecule has 0 spiro atoms. The molecule has 11 atom stereocenters. The van der Waals surface area contributed by atoms with Crippen LogP contribution in [0.4, 0.5) is 0 Å². The molecule has 1 aromatic heterocycles. The van der Waals surface area contributed by atoms with E-state index in [1.54, 1.807) is 45.3 Å². The van der Waals surface area contributed by atoms with Gasteiger partial charge in [-0.25, -0.2) is 0 Å². The van der Waals surface area contributed by atoms with Crippen LogP contribution >= 0.6 is 0 Å². The van der Waals surface area contributed by atoms with Crippen molar-refractivity contribution in [2.24, 2.45) is 11.8 Å². The number of para-hydroxylation sites is 1. The first kappa shape index (κ1) is 43.5. The number of ether oxygens (including phenoxy) is 6. The van der Waals surface area contributed by atoms with Gasteiger partial charge in [0.1, 0.15) is 36.8 Å². The number of ketones is 1. The number of aliphatic hydroxyl groups excluding tert-OH is 1. The van der Waals surface area contributed by atoms with E-state index in [4.69, 9.17) is 28.4 Å². The van der Waals surface area contributed by atoms with Crippen molar-refractivity contribution in [1.82, 2.24) is 9.88 Å². The van der Waals surface area contributed by atoms with Crippen molar-refractivity contribution in [3.8, 4) is 0 Å². The van der Waals surface area contributed by atoms with Gasteiger partial charge in [0.2, 0.25) is 0 Å². The van der Waals surface area contributed by atoms with Crippen LogP contribution in [0.2, 0.25) is 0 Å². The number of hydrogen-bond donors (Lipinski definition) is 1. The summed E-state index contributed by atoms with van der Waals surface area (Å²) in [6.45, 7) is 6.49. The summed E-state index contributed by atoms with van der Waals surface area (Å²) < 4.78 is 36.4. The maximum absolute atomic E-state index is 13.2. The van der Waals surface area contributed by atoms with Gasteiger partial charge in [-0.2, -0.15) is 0 Å². The molecule has 300 valence electrons. The van der Waals surface area contributed by atoms with E-state index in [-0.39, 0.29) is 25.0 Å². The van der Waals surface area contributed by atoms with E-state index in [1.165, 1.54) is 20.1 Å². The van der Waals surface area contributed by atoms with Crippen molar-refractivity contribution in [2.45, 2.75) is 115 Å². The zero-order valence-corrected chi connectivity index (χ0v) is 32.8. The molecule has 0 radical (unpaired) electrons. The number of nitrogens with zero attached hydrogens (tertiary/aromatic N) is 2. The maximum atomic E-state index is 13.2. The number of esters is 2. The Balaban J connectivity index is 1.62. The van der Waals surface area contributed by atoms with Crippen LogP contribution in [-0.2, 0) is 54.0 Å². The third-order valence-electron chi connectivity index (χ3n) is 9.96. The highest BCUT2D eigenvalue weighted by Crippen LogP contribution is 2.34. The summed E-state index contributed by atoms with van der Waals surface area (Å²) in [5.74, 6) is -2.73. The zero-order chi connectivity index (χ0) is 40.1. The highest BCUT2D eigenvalue weighted by Gasteiger charge is 2.49. The Labute approximate surface area is 323 Å². The number of fused-ring (bicyclic) bond motifs is 1. The van der Waals surface area contributed by atoms with E-state index >= 15 is 0 Å². The van der Waals surface area contributed by atoms with Crippen LogP contribution in [0, 0.1) is 11.8 Å². The topological polar surface area (TPSA) is 160 Å². The molecule has 2 aliphatic rings. The number of aliphatic hydroxyl groups is 1. The van der Waals surface area contributed by atoms with Crippen LogP contribution in [-0.4, -0.2) is 115 Å². The Bertz CT molecular complexity index is 1680. The Morgan fingerprint density at radius 2 is 1.85 bits per heavy atom. The fourth-order valence-corrected chi connectivity index (χ4v) is 7.22. The SMILES string of the molecule is CO[C@@H]1[C@@H](O[C@@H]2O[C@H](C)[C@@H](O/C=C\Cc3cnc4ccccc4c3)[C@H](N(C)C)[C@H]2O)[C@@H](CC=O)C[C@@H](C)C(=O)/C=C/C=C/C[C@@H](C)OC(=O)C[C@H]1OC(C)=O. The molecule has 0 aliphatic carbocycles. The maximum Gasteiger partial charge on any atom is 0.309 e. The molecule has 1 N–H and O–H groups in total. The molecule has 3 heterocycles. The standard InChI is InChI=1S/C42H56N2O11/c1-26-22-32(19-20-45)40(41(50-7)35(54-29(4)46)24-36(48)52-27(2)14-9-8-10-18-34(26)47)55-42-38(49)37(44(5)6)39(28(3)53-42)51-21-13-15-30-23-31-16-11-12-17-33(31)43-25-30/h8-13,16-18,20-21,23,25-28,32,35,37-42,49H,14-15,19,22,24H2,1-7H3/b9-8+,18-10+,21-13-/t26-,27-,28-,32+,35-,37-,38-,39-,40+,41+,42+/m1/s1. The highest BCUT2D eigenvalue weighted by atomic mass is 16.7. The average molecular weight is 765 g/mol. The Morgan fingerprint density at radius 1 is 1.09 bits per heavy atom. The summed E-state index contributed by atoms with van der Waals surface area (Å²) in [4.78, 5) is 57.3. The van der Waals surface area contributed by atoms with Crippen LogP contribution in [0.3, 0.4) is 0 Å². The number of methoxy groups -OCH3 is 1. The first-order valence-corrected chi connectivity index (χ1v) is 18.8. The van der Waals surface area contributed by atoms with Crippen molar-refractivity contribution in [2.75, 3.05) is 21.2 Å². The van der Waals surface area contributed by atoms with Gasteiger partial charge in [0.05, 0.1) is 36.4 Å². The molecule has 0 bridgehead atoms. The number of carbonyl (C=O) groups is 4. The van der Waals surface area contributed by atoms with Crippen molar-refractivity contribution >= 4 is 34.9 Å². The first-order chi connectivity index (χ1) is 26.3. The van der Waals surface area contributed by atoms with Gasteiger partial charge in [-0.1, -0.05) is 43.4 Å². The monoisotopic (exact) mass is 764 g/mol. The average Bonchev–Trinajstić information content (AvgIpc) is 3.13. The van der Waals surface area contributed by atoms with Crippen molar-refractivity contribution in [1.29, 1.82) is 0 Å². The number of likely N-dealkylation sites (N-methyl/N-ethyl adjacent to an activating group) is 1. The molecule has 4 rings (SSSR count). The normalized spacial score (nSPS) is 32.6. The molecular formula is C42H56N2O11. The predicted molar refractivity (Wildman–Crippen MR) is 205 cm³/mol. The lowest BCUT2D eigenvalue weighted by molar-refractivity contribution is -0.310. The van der Waals surface area contributed by atoms with Crippen molar-refractivity contribution < 1.29 is 52.7 Å². The molecule has 2 aliphatic heterocycles. The number of allylic oxidation sites excluding steroid dienone is 4. The third kappa shape index (κ3) is 12.4. The van der Waals surface area contributed by atoms with E-state index in [1.807, 2.05) is 55.5 Å². The van der Waals surface area contributed by atoms with Crippen LogP contribution in [0.25, 0.3) is 10.9 Å². The van der Waals surface area contributed by atoms with Gasteiger partial charge < -0.3 is 43.2 Å². The van der Waals surface area contributed by atoms with Gasteiger partial charge >= 0.3 is 11.9 Å². The van der Waals surface area contributed by atoms with Gasteiger partial charge in [0.15, 0.2) is 12.1 Å². The van der Waals surface area contributed by atoms with Crippen LogP contribution in [0.15, 0.2) is 73.2 Å². The molecule has 13 nitrogen and oxygen atoms in total. The van der Waals surface area contributed by atoms with E-state index in [0.29, 0.717) is 19.1 Å². The molecule has 0 amide bonds. The number of carbonyl (C=O) groups excluding carboxylic acids is 4. The van der Waals surface area contributed by atoms with E-state index in [2.05, 4.69) is 11.1 Å². The van der Waals surface area contributed by atoms with E-state index < -0.39 is 78.8 Å². The lowest BCUT2D eigenvalue weighted by Crippen LogP contribution is -2.64. The molecule has 13 heteroatoms. The predicted octanol–water partition coefficient (Wildman–Crippen LogP) is 4.68. The smallest absolute Gasteiger partial charge is 0.309 e. The van der Waals surface area contributed by atoms with Crippen LogP contribution < -0.4 is 0 Å². The fourth-order valence-electron chi connectivity index (χ4n) is 7.22. The fraction of sp³-hybridized carbons (Fsp3) is 0.548. The summed E-state index contributed by atoms with van der Waals surface area (Å²) in [6, 6.07) is 9.34. The van der Waals surface area contributed by atoms with Gasteiger partial charge in [0.25, 0.3) is 0 Å². The van der Waals surface area contributed by atoms with E-state index in [9.17, 15) is 24.3 Å². The summed E-state index contributed by atoms with van der Waals surface area (Å²) in [5, 5.41) is 12.9. The Morgan fingerprint density at radius 3 is 2.56 bits per heavy atom. The molecule has 2 aromatic rings. The molecule has 1 fully saturated rings. The van der Waals surface area contributed by atoms with Crippen LogP contribution in [0.1, 0.15) is 58.9 Å². The molecule has 55 heavy (non-hydrogen) atoms. The van der Waals surface area contributed by atoms with Crippen LogP contribution in [0.5, 0.6) is 0 Å². The number of rotatable bonds is 11. The van der Waals surface area contributed by atoms with E-state index in [0.717, 1.165) is 16.5 Å². The Hall–Kier alpha value is -4.27. The number of aromatic nitrogens is 1. The van der Waals surface area contributed by atoms with Gasteiger partial charge in [-0.3, -0.25) is 19.4 Å². The van der Waals surface area contributed by atoms with Crippen molar-refractivity contribution in [3.63, 3.8) is 0 Å². The minimum Gasteiger partial charge on any atom is -0.494 e. The first-order valence-electron chi connectivity index (χ1n) is 18.8. The third-order valence-corrected chi connectivity index (χ3v) is 9.96. The number of pyridine rings is 1. The van der Waals surface area contributed by atoms with Gasteiger partial charge in [-0.15, -0.1) is 0 Å². The van der Waals surface area contributed by atoms with Gasteiger partial charge in [-0.05, 0) is 76.6 Å². The summed E-state index contributed by atoms with van der Waals surface area (Å²) >= 11 is 0. The lowest BCUT2D eigenvalue weighted by Gasteiger charge is -2.47.